The van der Waals surface area contributed by atoms with Crippen molar-refractivity contribution in [2.45, 2.75) is 19.3 Å². The van der Waals surface area contributed by atoms with Crippen molar-refractivity contribution >= 4 is 22.4 Å². The summed E-state index contributed by atoms with van der Waals surface area (Å²) in [5.74, 6) is -0.237. The molecule has 0 bridgehead atoms. The van der Waals surface area contributed by atoms with Crippen LogP contribution < -0.4 is 4.90 Å². The van der Waals surface area contributed by atoms with Crippen LogP contribution in [0, 0.1) is 5.92 Å². The van der Waals surface area contributed by atoms with E-state index >= 15 is 0 Å². The van der Waals surface area contributed by atoms with Gasteiger partial charge in [0.05, 0.1) is 0 Å². The molecule has 1 aliphatic heterocycles. The van der Waals surface area contributed by atoms with Crippen LogP contribution in [-0.2, 0) is 6.42 Å². The average molecular weight is 302 g/mol. The predicted molar refractivity (Wildman–Crippen MR) is 84.2 cm³/mol. The predicted octanol–water partition coefficient (Wildman–Crippen LogP) is 3.30. The molecule has 1 aromatic carbocycles. The molecule has 0 unspecified atom stereocenters. The average Bonchev–Trinajstić information content (AvgIpc) is 2.99. The number of anilines is 1. The Morgan fingerprint density at radius 2 is 2.00 bits per heavy atom. The summed E-state index contributed by atoms with van der Waals surface area (Å²) in [6, 6.07) is 10.6. The molecule has 0 saturated carbocycles. The Labute approximate surface area is 128 Å². The van der Waals surface area contributed by atoms with Crippen molar-refractivity contribution in [3.05, 3.63) is 47.0 Å². The summed E-state index contributed by atoms with van der Waals surface area (Å²) in [5, 5.41) is 11.4. The molecule has 0 spiro atoms. The minimum atomic E-state index is -0.948. The van der Waals surface area contributed by atoms with Gasteiger partial charge in [-0.2, -0.15) is 0 Å². The van der Waals surface area contributed by atoms with Crippen molar-refractivity contribution in [1.29, 1.82) is 0 Å². The van der Waals surface area contributed by atoms with Crippen molar-refractivity contribution in [2.24, 2.45) is 5.92 Å². The van der Waals surface area contributed by atoms with Gasteiger partial charge in [-0.1, -0.05) is 30.3 Å². The number of carboxylic acid groups (broad SMARTS) is 1. The number of benzene rings is 1. The molecule has 21 heavy (non-hydrogen) atoms. The molecule has 4 nitrogen and oxygen atoms in total. The number of carboxylic acids is 1. The first-order chi connectivity index (χ1) is 10.2. The minimum absolute atomic E-state index is 0.154. The summed E-state index contributed by atoms with van der Waals surface area (Å²) in [6.07, 6.45) is 3.40. The third kappa shape index (κ3) is 3.42. The van der Waals surface area contributed by atoms with Crippen molar-refractivity contribution in [2.75, 3.05) is 18.0 Å². The van der Waals surface area contributed by atoms with Crippen LogP contribution in [0.5, 0.6) is 0 Å². The SMILES string of the molecule is O=C(O)c1csc(N2CCC(Cc3ccccc3)CC2)n1. The van der Waals surface area contributed by atoms with E-state index in [0.29, 0.717) is 5.92 Å². The Morgan fingerprint density at radius 1 is 1.29 bits per heavy atom. The van der Waals surface area contributed by atoms with Gasteiger partial charge in [-0.15, -0.1) is 11.3 Å². The third-order valence-electron chi connectivity index (χ3n) is 3.96. The van der Waals surface area contributed by atoms with Gasteiger partial charge in [0.2, 0.25) is 0 Å². The topological polar surface area (TPSA) is 53.4 Å². The largest absolute Gasteiger partial charge is 0.476 e. The monoisotopic (exact) mass is 302 g/mol. The van der Waals surface area contributed by atoms with E-state index in [-0.39, 0.29) is 5.69 Å². The highest BCUT2D eigenvalue weighted by molar-refractivity contribution is 7.13. The summed E-state index contributed by atoms with van der Waals surface area (Å²) in [7, 11) is 0. The molecule has 0 amide bonds. The van der Waals surface area contributed by atoms with Crippen molar-refractivity contribution in [3.63, 3.8) is 0 Å². The van der Waals surface area contributed by atoms with Crippen LogP contribution in [0.1, 0.15) is 28.9 Å². The molecule has 1 saturated heterocycles. The summed E-state index contributed by atoms with van der Waals surface area (Å²) < 4.78 is 0. The van der Waals surface area contributed by atoms with E-state index in [2.05, 4.69) is 40.2 Å². The number of hydrogen-bond acceptors (Lipinski definition) is 4. The summed E-state index contributed by atoms with van der Waals surface area (Å²) >= 11 is 1.42. The summed E-state index contributed by atoms with van der Waals surface area (Å²) in [4.78, 5) is 17.3. The number of rotatable bonds is 4. The zero-order chi connectivity index (χ0) is 14.7. The van der Waals surface area contributed by atoms with Crippen LogP contribution >= 0.6 is 11.3 Å². The second-order valence-electron chi connectivity index (χ2n) is 5.44. The first-order valence-corrected chi connectivity index (χ1v) is 8.08. The quantitative estimate of drug-likeness (QED) is 0.941. The Morgan fingerprint density at radius 3 is 2.62 bits per heavy atom. The number of nitrogens with zero attached hydrogens (tertiary/aromatic N) is 2. The van der Waals surface area contributed by atoms with Gasteiger partial charge in [-0.05, 0) is 30.7 Å². The van der Waals surface area contributed by atoms with Crippen LogP contribution in [0.2, 0.25) is 0 Å². The number of thiazole rings is 1. The molecule has 110 valence electrons. The van der Waals surface area contributed by atoms with Gasteiger partial charge in [-0.25, -0.2) is 9.78 Å². The zero-order valence-electron chi connectivity index (χ0n) is 11.7. The standard InChI is InChI=1S/C16H18N2O2S/c19-15(20)14-11-21-16(17-14)18-8-6-13(7-9-18)10-12-4-2-1-3-5-12/h1-5,11,13H,6-10H2,(H,19,20). The van der Waals surface area contributed by atoms with Gasteiger partial charge >= 0.3 is 5.97 Å². The first-order valence-electron chi connectivity index (χ1n) is 7.20. The van der Waals surface area contributed by atoms with Crippen LogP contribution in [0.3, 0.4) is 0 Å². The number of aromatic carboxylic acids is 1. The Bertz CT molecular complexity index is 604. The van der Waals surface area contributed by atoms with E-state index in [1.54, 1.807) is 5.38 Å². The van der Waals surface area contributed by atoms with Crippen molar-refractivity contribution in [1.82, 2.24) is 4.98 Å². The van der Waals surface area contributed by atoms with Crippen LogP contribution in [0.4, 0.5) is 5.13 Å². The fourth-order valence-electron chi connectivity index (χ4n) is 2.78. The zero-order valence-corrected chi connectivity index (χ0v) is 12.6. The van der Waals surface area contributed by atoms with E-state index in [0.717, 1.165) is 37.5 Å². The molecular formula is C16H18N2O2S. The number of hydrogen-bond donors (Lipinski definition) is 1. The van der Waals surface area contributed by atoms with Gasteiger partial charge in [-0.3, -0.25) is 0 Å². The van der Waals surface area contributed by atoms with E-state index in [1.165, 1.54) is 16.9 Å². The van der Waals surface area contributed by atoms with Crippen LogP contribution in [0.15, 0.2) is 35.7 Å². The van der Waals surface area contributed by atoms with Gasteiger partial charge < -0.3 is 10.0 Å². The lowest BCUT2D eigenvalue weighted by molar-refractivity contribution is 0.0691. The molecule has 5 heteroatoms. The second-order valence-corrected chi connectivity index (χ2v) is 6.28. The fraction of sp³-hybridized carbons (Fsp3) is 0.375. The molecule has 3 rings (SSSR count). The normalized spacial score (nSPS) is 16.1. The van der Waals surface area contributed by atoms with Gasteiger partial charge in [0.15, 0.2) is 10.8 Å². The smallest absolute Gasteiger partial charge is 0.355 e. The molecule has 0 aliphatic carbocycles. The van der Waals surface area contributed by atoms with Crippen LogP contribution in [0.25, 0.3) is 0 Å². The molecular weight excluding hydrogens is 284 g/mol. The number of aromatic nitrogens is 1. The second kappa shape index (κ2) is 6.26. The van der Waals surface area contributed by atoms with Gasteiger partial charge in [0, 0.05) is 18.5 Å². The third-order valence-corrected chi connectivity index (χ3v) is 4.86. The summed E-state index contributed by atoms with van der Waals surface area (Å²) in [6.45, 7) is 1.92. The Hall–Kier alpha value is -1.88. The number of carbonyl (C=O) groups is 1. The molecule has 2 heterocycles. The van der Waals surface area contributed by atoms with E-state index in [1.807, 2.05) is 0 Å². The highest BCUT2D eigenvalue weighted by Crippen LogP contribution is 2.28. The molecule has 0 atom stereocenters. The molecule has 1 aromatic heterocycles. The first kappa shape index (κ1) is 14.1. The lowest BCUT2D eigenvalue weighted by Gasteiger charge is -2.31. The maximum Gasteiger partial charge on any atom is 0.355 e. The summed E-state index contributed by atoms with van der Waals surface area (Å²) in [5.41, 5.74) is 1.56. The molecule has 1 aliphatic rings. The Balaban J connectivity index is 1.56. The Kier molecular flexibility index (Phi) is 4.20. The highest BCUT2D eigenvalue weighted by Gasteiger charge is 2.22. The fourth-order valence-corrected chi connectivity index (χ4v) is 3.64. The minimum Gasteiger partial charge on any atom is -0.476 e. The van der Waals surface area contributed by atoms with Crippen molar-refractivity contribution < 1.29 is 9.90 Å². The number of piperidine rings is 1. The van der Waals surface area contributed by atoms with Gasteiger partial charge in [0.25, 0.3) is 0 Å². The molecule has 1 fully saturated rings. The van der Waals surface area contributed by atoms with E-state index in [4.69, 9.17) is 5.11 Å². The molecule has 0 radical (unpaired) electrons. The lowest BCUT2D eigenvalue weighted by Crippen LogP contribution is -2.34. The molecule has 1 N–H and O–H groups in total. The van der Waals surface area contributed by atoms with E-state index in [9.17, 15) is 4.79 Å². The highest BCUT2D eigenvalue weighted by atomic mass is 32.1. The van der Waals surface area contributed by atoms with Crippen LogP contribution in [-0.4, -0.2) is 29.1 Å². The molecule has 2 aromatic rings. The maximum atomic E-state index is 10.9. The van der Waals surface area contributed by atoms with Crippen molar-refractivity contribution in [3.8, 4) is 0 Å². The maximum absolute atomic E-state index is 10.9. The lowest BCUT2D eigenvalue weighted by atomic mass is 9.90. The van der Waals surface area contributed by atoms with Gasteiger partial charge in [0.1, 0.15) is 0 Å². The van der Waals surface area contributed by atoms with E-state index < -0.39 is 5.97 Å².